The second-order valence-electron chi connectivity index (χ2n) is 6.03. The molecule has 8 heteroatoms. The molecule has 4 aromatic rings. The van der Waals surface area contributed by atoms with Gasteiger partial charge in [0.2, 0.25) is 5.62 Å². The maximum absolute atomic E-state index is 5.52. The summed E-state index contributed by atoms with van der Waals surface area (Å²) >= 11 is 0. The summed E-state index contributed by atoms with van der Waals surface area (Å²) in [4.78, 5) is 9.32. The summed E-state index contributed by atoms with van der Waals surface area (Å²) in [6, 6.07) is 12.1. The molecule has 0 atom stereocenters. The van der Waals surface area contributed by atoms with Crippen LogP contribution in [-0.4, -0.2) is 30.9 Å². The van der Waals surface area contributed by atoms with Crippen LogP contribution in [0.1, 0.15) is 5.69 Å². The van der Waals surface area contributed by atoms with Gasteiger partial charge in [0.25, 0.3) is 0 Å². The molecule has 0 saturated heterocycles. The summed E-state index contributed by atoms with van der Waals surface area (Å²) in [6.07, 6.45) is 0. The Kier molecular flexibility index (Phi) is 2.81. The SMILES string of the molecule is Cc1nn(-c2ccccc2)c2nc3n/c(=N\N)n4c(c3cc12)NCC4. The van der Waals surface area contributed by atoms with Gasteiger partial charge in [0, 0.05) is 18.5 Å². The molecule has 1 aliphatic rings. The van der Waals surface area contributed by atoms with Crippen molar-refractivity contribution in [3.63, 3.8) is 0 Å². The van der Waals surface area contributed by atoms with Crippen molar-refractivity contribution in [1.82, 2.24) is 24.3 Å². The van der Waals surface area contributed by atoms with Gasteiger partial charge in [-0.15, -0.1) is 5.10 Å². The Labute approximate surface area is 142 Å². The minimum Gasteiger partial charge on any atom is -0.369 e. The number of benzene rings is 1. The minimum absolute atomic E-state index is 0.474. The van der Waals surface area contributed by atoms with E-state index >= 15 is 0 Å². The van der Waals surface area contributed by atoms with Crippen LogP contribution < -0.4 is 16.8 Å². The number of nitrogens with zero attached hydrogens (tertiary/aromatic N) is 6. The Balaban J connectivity index is 1.90. The van der Waals surface area contributed by atoms with Gasteiger partial charge in [0.15, 0.2) is 11.3 Å². The van der Waals surface area contributed by atoms with Crippen LogP contribution in [0.15, 0.2) is 41.5 Å². The average molecular weight is 332 g/mol. The maximum Gasteiger partial charge on any atom is 0.249 e. The van der Waals surface area contributed by atoms with Crippen molar-refractivity contribution in [1.29, 1.82) is 0 Å². The zero-order valence-corrected chi connectivity index (χ0v) is 13.6. The van der Waals surface area contributed by atoms with Gasteiger partial charge in [0.05, 0.1) is 16.8 Å². The number of pyridine rings is 1. The van der Waals surface area contributed by atoms with E-state index in [4.69, 9.17) is 10.8 Å². The minimum atomic E-state index is 0.474. The van der Waals surface area contributed by atoms with Crippen LogP contribution in [-0.2, 0) is 6.54 Å². The van der Waals surface area contributed by atoms with Gasteiger partial charge in [-0.3, -0.25) is 4.57 Å². The summed E-state index contributed by atoms with van der Waals surface area (Å²) in [7, 11) is 0. The van der Waals surface area contributed by atoms with Gasteiger partial charge in [-0.25, -0.2) is 9.67 Å². The molecule has 4 heterocycles. The third-order valence-electron chi connectivity index (χ3n) is 4.54. The lowest BCUT2D eigenvalue weighted by molar-refractivity contribution is 0.717. The average Bonchev–Trinajstić information content (AvgIpc) is 3.26. The van der Waals surface area contributed by atoms with Gasteiger partial charge in [-0.05, 0) is 25.1 Å². The maximum atomic E-state index is 5.52. The topological polar surface area (TPSA) is 98.9 Å². The van der Waals surface area contributed by atoms with Gasteiger partial charge in [-0.1, -0.05) is 18.2 Å². The Morgan fingerprint density at radius 2 is 2.00 bits per heavy atom. The molecule has 0 bridgehead atoms. The molecule has 1 aliphatic heterocycles. The number of nitrogens with one attached hydrogen (secondary N) is 1. The molecule has 3 aromatic heterocycles. The smallest absolute Gasteiger partial charge is 0.249 e. The highest BCUT2D eigenvalue weighted by Gasteiger charge is 2.19. The van der Waals surface area contributed by atoms with Crippen LogP contribution in [0.4, 0.5) is 5.82 Å². The first kappa shape index (κ1) is 14.0. The fourth-order valence-corrected chi connectivity index (χ4v) is 3.37. The van der Waals surface area contributed by atoms with E-state index in [1.54, 1.807) is 0 Å². The summed E-state index contributed by atoms with van der Waals surface area (Å²) in [5, 5.41) is 13.8. The number of aromatic nitrogens is 5. The van der Waals surface area contributed by atoms with Crippen molar-refractivity contribution in [2.45, 2.75) is 13.5 Å². The molecule has 0 saturated carbocycles. The molecule has 0 aliphatic carbocycles. The lowest BCUT2D eigenvalue weighted by Gasteiger charge is -2.08. The predicted molar refractivity (Wildman–Crippen MR) is 95.1 cm³/mol. The van der Waals surface area contributed by atoms with Crippen LogP contribution >= 0.6 is 0 Å². The van der Waals surface area contributed by atoms with Crippen LogP contribution in [0.25, 0.3) is 27.8 Å². The van der Waals surface area contributed by atoms with Crippen molar-refractivity contribution >= 4 is 27.9 Å². The molecule has 5 rings (SSSR count). The lowest BCUT2D eigenvalue weighted by atomic mass is 10.2. The molecule has 0 radical (unpaired) electrons. The molecule has 8 nitrogen and oxygen atoms in total. The largest absolute Gasteiger partial charge is 0.369 e. The van der Waals surface area contributed by atoms with E-state index in [-0.39, 0.29) is 0 Å². The molecule has 0 spiro atoms. The van der Waals surface area contributed by atoms with Crippen molar-refractivity contribution < 1.29 is 0 Å². The van der Waals surface area contributed by atoms with E-state index in [1.165, 1.54) is 0 Å². The number of hydrogen-bond donors (Lipinski definition) is 2. The second kappa shape index (κ2) is 5.04. The van der Waals surface area contributed by atoms with Crippen LogP contribution in [0.3, 0.4) is 0 Å². The quantitative estimate of drug-likeness (QED) is 0.404. The van der Waals surface area contributed by atoms with Gasteiger partial charge < -0.3 is 11.2 Å². The summed E-state index contributed by atoms with van der Waals surface area (Å²) in [6.45, 7) is 3.60. The number of rotatable bonds is 1. The number of hydrogen-bond acceptors (Lipinski definition) is 6. The first-order chi connectivity index (χ1) is 12.3. The van der Waals surface area contributed by atoms with Crippen molar-refractivity contribution in [3.8, 4) is 5.69 Å². The summed E-state index contributed by atoms with van der Waals surface area (Å²) < 4.78 is 3.83. The Bertz CT molecular complexity index is 1190. The number of anilines is 1. The van der Waals surface area contributed by atoms with Crippen molar-refractivity contribution in [2.75, 3.05) is 11.9 Å². The van der Waals surface area contributed by atoms with E-state index < -0.39 is 0 Å². The Hall–Kier alpha value is -3.42. The van der Waals surface area contributed by atoms with E-state index in [9.17, 15) is 0 Å². The van der Waals surface area contributed by atoms with E-state index in [0.29, 0.717) is 11.3 Å². The summed E-state index contributed by atoms with van der Waals surface area (Å²) in [5.41, 5.74) is 3.74. The fourth-order valence-electron chi connectivity index (χ4n) is 3.37. The van der Waals surface area contributed by atoms with E-state index in [0.717, 1.165) is 46.7 Å². The van der Waals surface area contributed by atoms with Crippen LogP contribution in [0.2, 0.25) is 0 Å². The van der Waals surface area contributed by atoms with Gasteiger partial charge in [-0.2, -0.15) is 10.1 Å². The lowest BCUT2D eigenvalue weighted by Crippen LogP contribution is -2.25. The highest BCUT2D eigenvalue weighted by Crippen LogP contribution is 2.28. The number of para-hydroxylation sites is 1. The number of fused-ring (bicyclic) bond motifs is 4. The predicted octanol–water partition coefficient (Wildman–Crippen LogP) is 1.28. The molecule has 124 valence electrons. The van der Waals surface area contributed by atoms with Gasteiger partial charge >= 0.3 is 0 Å². The second-order valence-corrected chi connectivity index (χ2v) is 6.03. The fraction of sp³-hybridized carbons (Fsp3) is 0.176. The monoisotopic (exact) mass is 332 g/mol. The third kappa shape index (κ3) is 1.94. The molecular weight excluding hydrogens is 316 g/mol. The number of aryl methyl sites for hydroxylation is 1. The first-order valence-corrected chi connectivity index (χ1v) is 8.10. The normalized spacial score (nSPS) is 14.2. The number of nitrogens with two attached hydrogens (primary N) is 1. The van der Waals surface area contributed by atoms with E-state index in [2.05, 4.69) is 26.6 Å². The molecule has 0 amide bonds. The van der Waals surface area contributed by atoms with Crippen molar-refractivity contribution in [2.24, 2.45) is 10.9 Å². The zero-order valence-electron chi connectivity index (χ0n) is 13.6. The molecular formula is C17H16N8. The Morgan fingerprint density at radius 1 is 1.16 bits per heavy atom. The summed E-state index contributed by atoms with van der Waals surface area (Å²) in [5.74, 6) is 6.47. The van der Waals surface area contributed by atoms with Crippen LogP contribution in [0, 0.1) is 6.92 Å². The molecule has 1 aromatic carbocycles. The molecule has 0 fully saturated rings. The van der Waals surface area contributed by atoms with Crippen LogP contribution in [0.5, 0.6) is 0 Å². The zero-order chi connectivity index (χ0) is 17.0. The van der Waals surface area contributed by atoms with Gasteiger partial charge in [0.1, 0.15) is 5.82 Å². The molecule has 25 heavy (non-hydrogen) atoms. The van der Waals surface area contributed by atoms with E-state index in [1.807, 2.05) is 46.5 Å². The molecule has 0 unspecified atom stereocenters. The standard InChI is InChI=1S/C17H16N8/c1-10-12-9-13-14(21-17(22-18)24-8-7-19-15(13)24)20-16(12)25(23-10)11-5-3-2-4-6-11/h2-6,9,19H,7-8,18H2,1H3/b22-17+. The van der Waals surface area contributed by atoms with Crippen molar-refractivity contribution in [3.05, 3.63) is 47.7 Å². The highest BCUT2D eigenvalue weighted by molar-refractivity contribution is 5.97. The highest BCUT2D eigenvalue weighted by atomic mass is 15.3. The Morgan fingerprint density at radius 3 is 2.80 bits per heavy atom. The third-order valence-corrected chi connectivity index (χ3v) is 4.54. The first-order valence-electron chi connectivity index (χ1n) is 8.10. The molecule has 3 N–H and O–H groups in total.